The zero-order valence-corrected chi connectivity index (χ0v) is 19.5. The van der Waals surface area contributed by atoms with E-state index in [2.05, 4.69) is 31.0 Å². The van der Waals surface area contributed by atoms with Gasteiger partial charge < -0.3 is 4.74 Å². The molecule has 6 heteroatoms. The highest BCUT2D eigenvalue weighted by Gasteiger charge is 2.25. The summed E-state index contributed by atoms with van der Waals surface area (Å²) in [7, 11) is 1.59. The molecule has 0 aliphatic heterocycles. The fourth-order valence-electron chi connectivity index (χ4n) is 4.08. The normalized spacial score (nSPS) is 11.1. The Morgan fingerprint density at radius 1 is 1.03 bits per heavy atom. The molecule has 0 unspecified atom stereocenters. The van der Waals surface area contributed by atoms with Crippen LogP contribution in [0.5, 0.6) is 5.75 Å². The monoisotopic (exact) mass is 453 g/mol. The summed E-state index contributed by atoms with van der Waals surface area (Å²) in [6, 6.07) is 19.8. The first-order valence-corrected chi connectivity index (χ1v) is 11.5. The average Bonchev–Trinajstić information content (AvgIpc) is 3.26. The summed E-state index contributed by atoms with van der Waals surface area (Å²) in [4.78, 5) is 24.8. The highest BCUT2D eigenvalue weighted by atomic mass is 32.1. The Labute approximate surface area is 196 Å². The van der Waals surface area contributed by atoms with E-state index in [-0.39, 0.29) is 5.91 Å². The second-order valence-electron chi connectivity index (χ2n) is 8.08. The van der Waals surface area contributed by atoms with E-state index in [0.717, 1.165) is 37.7 Å². The van der Waals surface area contributed by atoms with Gasteiger partial charge in [-0.05, 0) is 65.6 Å². The third-order valence-corrected chi connectivity index (χ3v) is 6.88. The zero-order chi connectivity index (χ0) is 22.9. The van der Waals surface area contributed by atoms with Crippen LogP contribution in [0.4, 0.5) is 5.13 Å². The molecule has 5 rings (SSSR count). The molecule has 0 atom stereocenters. The van der Waals surface area contributed by atoms with E-state index < -0.39 is 0 Å². The Morgan fingerprint density at radius 2 is 1.82 bits per heavy atom. The fourth-order valence-corrected chi connectivity index (χ4v) is 5.09. The van der Waals surface area contributed by atoms with Crippen molar-refractivity contribution >= 4 is 43.4 Å². The van der Waals surface area contributed by atoms with Crippen molar-refractivity contribution in [1.82, 2.24) is 9.97 Å². The van der Waals surface area contributed by atoms with Crippen LogP contribution in [0.25, 0.3) is 21.0 Å². The lowest BCUT2D eigenvalue weighted by molar-refractivity contribution is 0.0982. The van der Waals surface area contributed by atoms with Crippen LogP contribution in [0.3, 0.4) is 0 Å². The molecule has 164 valence electrons. The van der Waals surface area contributed by atoms with Gasteiger partial charge in [0.2, 0.25) is 0 Å². The van der Waals surface area contributed by atoms with Crippen LogP contribution < -0.4 is 9.64 Å². The number of pyridine rings is 1. The Balaban J connectivity index is 1.65. The van der Waals surface area contributed by atoms with Crippen molar-refractivity contribution in [1.29, 1.82) is 0 Å². The lowest BCUT2D eigenvalue weighted by atomic mass is 10.0. The Hall–Kier alpha value is -3.77. The lowest BCUT2D eigenvalue weighted by Gasteiger charge is -2.21. The zero-order valence-electron chi connectivity index (χ0n) is 18.7. The summed E-state index contributed by atoms with van der Waals surface area (Å²) in [5.74, 6) is 0.387. The molecule has 33 heavy (non-hydrogen) atoms. The van der Waals surface area contributed by atoms with Crippen molar-refractivity contribution in [3.63, 3.8) is 0 Å². The lowest BCUT2D eigenvalue weighted by Crippen LogP contribution is -2.30. The number of rotatable bonds is 5. The minimum Gasteiger partial charge on any atom is -0.496 e. The van der Waals surface area contributed by atoms with Gasteiger partial charge in [0.1, 0.15) is 5.75 Å². The maximum atomic E-state index is 14.0. The molecule has 0 saturated carbocycles. The highest BCUT2D eigenvalue weighted by Crippen LogP contribution is 2.35. The van der Waals surface area contributed by atoms with E-state index in [4.69, 9.17) is 9.72 Å². The molecule has 0 aliphatic rings. The summed E-state index contributed by atoms with van der Waals surface area (Å²) in [5, 5.41) is 2.66. The van der Waals surface area contributed by atoms with Crippen molar-refractivity contribution in [3.8, 4) is 5.75 Å². The molecule has 0 bridgehead atoms. The van der Waals surface area contributed by atoms with Crippen LogP contribution >= 0.6 is 11.3 Å². The number of nitrogens with zero attached hydrogens (tertiary/aromatic N) is 3. The van der Waals surface area contributed by atoms with Gasteiger partial charge in [-0.15, -0.1) is 0 Å². The van der Waals surface area contributed by atoms with Gasteiger partial charge in [0.15, 0.2) is 5.13 Å². The quantitative estimate of drug-likeness (QED) is 0.313. The van der Waals surface area contributed by atoms with Gasteiger partial charge in [0.25, 0.3) is 5.91 Å². The Kier molecular flexibility index (Phi) is 5.52. The average molecular weight is 454 g/mol. The second-order valence-corrected chi connectivity index (χ2v) is 9.06. The summed E-state index contributed by atoms with van der Waals surface area (Å²) in [6.07, 6.45) is 3.51. The maximum Gasteiger partial charge on any atom is 0.264 e. The molecule has 0 radical (unpaired) electrons. The van der Waals surface area contributed by atoms with Gasteiger partial charge in [-0.1, -0.05) is 47.7 Å². The predicted octanol–water partition coefficient (Wildman–Crippen LogP) is 6.32. The molecule has 0 saturated heterocycles. The smallest absolute Gasteiger partial charge is 0.264 e. The van der Waals surface area contributed by atoms with Gasteiger partial charge in [-0.3, -0.25) is 14.7 Å². The number of hydrogen-bond donors (Lipinski definition) is 0. The van der Waals surface area contributed by atoms with Gasteiger partial charge in [-0.2, -0.15) is 0 Å². The molecular weight excluding hydrogens is 430 g/mol. The molecule has 0 aliphatic carbocycles. The van der Waals surface area contributed by atoms with Crippen LogP contribution in [-0.2, 0) is 6.54 Å². The number of anilines is 1. The number of methoxy groups -OCH3 is 1. The highest BCUT2D eigenvalue weighted by molar-refractivity contribution is 7.22. The Morgan fingerprint density at radius 3 is 2.55 bits per heavy atom. The van der Waals surface area contributed by atoms with Crippen molar-refractivity contribution in [2.45, 2.75) is 20.4 Å². The molecule has 3 aromatic carbocycles. The third-order valence-electron chi connectivity index (χ3n) is 5.65. The molecule has 1 amide bonds. The number of amides is 1. The number of carbonyl (C=O) groups excluding carboxylic acids is 1. The number of thiazole rings is 1. The topological polar surface area (TPSA) is 55.3 Å². The number of aromatic nitrogens is 2. The first-order valence-electron chi connectivity index (χ1n) is 10.7. The van der Waals surface area contributed by atoms with Crippen LogP contribution in [0.2, 0.25) is 0 Å². The van der Waals surface area contributed by atoms with Crippen LogP contribution in [0, 0.1) is 13.8 Å². The van der Waals surface area contributed by atoms with E-state index >= 15 is 0 Å². The van der Waals surface area contributed by atoms with Gasteiger partial charge in [-0.25, -0.2) is 4.98 Å². The molecule has 0 spiro atoms. The first-order chi connectivity index (χ1) is 16.0. The van der Waals surface area contributed by atoms with Gasteiger partial charge >= 0.3 is 0 Å². The number of hydrogen-bond acceptors (Lipinski definition) is 5. The van der Waals surface area contributed by atoms with Crippen molar-refractivity contribution in [2.75, 3.05) is 12.0 Å². The van der Waals surface area contributed by atoms with Crippen LogP contribution in [0.15, 0.2) is 73.1 Å². The van der Waals surface area contributed by atoms with Crippen LogP contribution in [0.1, 0.15) is 27.0 Å². The summed E-state index contributed by atoms with van der Waals surface area (Å²) in [5.41, 5.74) is 4.65. The number of benzene rings is 3. The minimum atomic E-state index is -0.158. The molecular formula is C27H23N3O2S. The van der Waals surface area contributed by atoms with E-state index in [1.54, 1.807) is 24.4 Å². The van der Waals surface area contributed by atoms with Crippen LogP contribution in [-0.4, -0.2) is 23.0 Å². The standard InChI is InChI=1S/C27H23N3O2S/c1-17-11-18(2)25-23(12-17)29-27(33-25)30(16-19-7-6-10-28-15-19)26(31)22-13-20-8-4-5-9-21(20)14-24(22)32-3/h4-15H,16H2,1-3H3. The number of aryl methyl sites for hydroxylation is 2. The van der Waals surface area contributed by atoms with E-state index in [0.29, 0.717) is 23.0 Å². The number of ether oxygens (including phenoxy) is 1. The fraction of sp³-hybridized carbons (Fsp3) is 0.148. The molecule has 2 heterocycles. The SMILES string of the molecule is COc1cc2ccccc2cc1C(=O)N(Cc1cccnc1)c1nc2cc(C)cc(C)c2s1. The molecule has 2 aromatic heterocycles. The van der Waals surface area contributed by atoms with E-state index in [1.807, 2.05) is 48.5 Å². The molecule has 5 aromatic rings. The summed E-state index contributed by atoms with van der Waals surface area (Å²) in [6.45, 7) is 4.50. The van der Waals surface area contributed by atoms with Crippen molar-refractivity contribution in [2.24, 2.45) is 0 Å². The summed E-state index contributed by atoms with van der Waals surface area (Å²) < 4.78 is 6.72. The van der Waals surface area contributed by atoms with Gasteiger partial charge in [0, 0.05) is 12.4 Å². The predicted molar refractivity (Wildman–Crippen MR) is 134 cm³/mol. The van der Waals surface area contributed by atoms with E-state index in [1.165, 1.54) is 11.3 Å². The van der Waals surface area contributed by atoms with Gasteiger partial charge in [0.05, 0.1) is 29.4 Å². The molecule has 0 N–H and O–H groups in total. The number of fused-ring (bicyclic) bond motifs is 2. The second kappa shape index (κ2) is 8.64. The molecule has 0 fully saturated rings. The molecule has 5 nitrogen and oxygen atoms in total. The largest absolute Gasteiger partial charge is 0.496 e. The number of carbonyl (C=O) groups is 1. The van der Waals surface area contributed by atoms with Crippen molar-refractivity contribution < 1.29 is 9.53 Å². The summed E-state index contributed by atoms with van der Waals surface area (Å²) >= 11 is 1.53. The van der Waals surface area contributed by atoms with Crippen molar-refractivity contribution in [3.05, 3.63) is 95.3 Å². The van der Waals surface area contributed by atoms with E-state index in [9.17, 15) is 4.79 Å². The third kappa shape index (κ3) is 4.05. The first kappa shape index (κ1) is 21.1. The Bertz CT molecular complexity index is 1480. The maximum absolute atomic E-state index is 14.0. The minimum absolute atomic E-state index is 0.158.